The maximum absolute atomic E-state index is 13.0. The monoisotopic (exact) mass is 597 g/mol. The minimum atomic E-state index is -1.87. The minimum Gasteiger partial charge on any atom is -0.491 e. The summed E-state index contributed by atoms with van der Waals surface area (Å²) >= 11 is 0. The first-order chi connectivity index (χ1) is 20.5. The Kier molecular flexibility index (Phi) is 8.79. The molecule has 1 aromatic heterocycles. The highest BCUT2D eigenvalue weighted by atomic mass is 28.4. The van der Waals surface area contributed by atoms with Gasteiger partial charge in [0.1, 0.15) is 24.8 Å². The van der Waals surface area contributed by atoms with Crippen molar-refractivity contribution in [3.05, 3.63) is 107 Å². The van der Waals surface area contributed by atoms with Crippen molar-refractivity contribution >= 4 is 20.1 Å². The number of rotatable bonds is 9. The fourth-order valence-corrected chi connectivity index (χ4v) is 5.60. The molecular weight excluding hydrogens is 558 g/mol. The van der Waals surface area contributed by atoms with Crippen LogP contribution in [0.5, 0.6) is 5.75 Å². The summed E-state index contributed by atoms with van der Waals surface area (Å²) in [5.41, 5.74) is 4.18. The van der Waals surface area contributed by atoms with E-state index in [2.05, 4.69) is 49.4 Å². The third-order valence-corrected chi connectivity index (χ3v) is 12.5. The van der Waals surface area contributed by atoms with Gasteiger partial charge in [0.25, 0.3) is 0 Å². The third kappa shape index (κ3) is 6.87. The Hall–Kier alpha value is -4.28. The molecule has 1 amide bonds. The number of aryl methyl sites for hydroxylation is 1. The third-order valence-electron chi connectivity index (χ3n) is 7.95. The van der Waals surface area contributed by atoms with Gasteiger partial charge < -0.3 is 13.9 Å². The quantitative estimate of drug-likeness (QED) is 0.169. The zero-order valence-electron chi connectivity index (χ0n) is 25.6. The number of nitrogens with one attached hydrogen (secondary N) is 1. The molecule has 1 unspecified atom stereocenters. The van der Waals surface area contributed by atoms with Crippen LogP contribution < -0.4 is 10.1 Å². The Morgan fingerprint density at radius 3 is 2.35 bits per heavy atom. The van der Waals surface area contributed by atoms with Crippen molar-refractivity contribution in [3.63, 3.8) is 0 Å². The number of hydrogen-bond donors (Lipinski definition) is 1. The van der Waals surface area contributed by atoms with Crippen molar-refractivity contribution in [1.82, 2.24) is 20.1 Å². The van der Waals surface area contributed by atoms with Crippen molar-refractivity contribution in [2.24, 2.45) is 4.99 Å². The molecule has 0 aliphatic carbocycles. The van der Waals surface area contributed by atoms with E-state index >= 15 is 0 Å². The van der Waals surface area contributed by atoms with Crippen molar-refractivity contribution < 1.29 is 18.7 Å². The number of fused-ring (bicyclic) bond motifs is 3. The van der Waals surface area contributed by atoms with Gasteiger partial charge >= 0.3 is 6.09 Å². The molecule has 1 aliphatic heterocycles. The lowest BCUT2D eigenvalue weighted by Crippen LogP contribution is -2.41. The van der Waals surface area contributed by atoms with E-state index in [1.165, 1.54) is 0 Å². The molecule has 2 heterocycles. The Morgan fingerprint density at radius 1 is 0.953 bits per heavy atom. The Bertz CT molecular complexity index is 1600. The van der Waals surface area contributed by atoms with Gasteiger partial charge in [0, 0.05) is 17.2 Å². The molecule has 1 aliphatic rings. The van der Waals surface area contributed by atoms with E-state index in [1.54, 1.807) is 0 Å². The highest BCUT2D eigenvalue weighted by Gasteiger charge is 2.37. The molecule has 0 saturated heterocycles. The van der Waals surface area contributed by atoms with Gasteiger partial charge in [0.05, 0.1) is 18.0 Å². The average molecular weight is 598 g/mol. The van der Waals surface area contributed by atoms with Crippen LogP contribution in [0.25, 0.3) is 5.69 Å². The summed E-state index contributed by atoms with van der Waals surface area (Å²) in [5, 5.41) is 11.8. The predicted octanol–water partition coefficient (Wildman–Crippen LogP) is 6.75. The summed E-state index contributed by atoms with van der Waals surface area (Å²) in [4.78, 5) is 18.0. The van der Waals surface area contributed by atoms with Crippen molar-refractivity contribution in [2.45, 2.75) is 58.6 Å². The van der Waals surface area contributed by atoms with E-state index < -0.39 is 20.6 Å². The van der Waals surface area contributed by atoms with E-state index in [0.29, 0.717) is 36.3 Å². The number of aliphatic imine (C=N–C) groups is 1. The van der Waals surface area contributed by atoms with E-state index in [9.17, 15) is 4.79 Å². The van der Waals surface area contributed by atoms with E-state index in [4.69, 9.17) is 18.9 Å². The van der Waals surface area contributed by atoms with Crippen LogP contribution in [-0.2, 0) is 15.8 Å². The van der Waals surface area contributed by atoms with Crippen molar-refractivity contribution in [2.75, 3.05) is 13.2 Å². The SMILES string of the molecule is Cc1nnc2n1-c1cc(OCCO[Si](C)(C)C(C)(C)C)ccc1C(c1ccccc1)=NC2NC(=O)OCc1ccccc1. The number of aromatic nitrogens is 3. The number of nitrogens with zero attached hydrogens (tertiary/aromatic N) is 4. The lowest BCUT2D eigenvalue weighted by molar-refractivity contribution is 0.135. The molecule has 43 heavy (non-hydrogen) atoms. The van der Waals surface area contributed by atoms with Crippen LogP contribution >= 0.6 is 0 Å². The van der Waals surface area contributed by atoms with Gasteiger partial charge in [0.2, 0.25) is 0 Å². The zero-order chi connectivity index (χ0) is 30.6. The van der Waals surface area contributed by atoms with Crippen molar-refractivity contribution in [1.29, 1.82) is 0 Å². The van der Waals surface area contributed by atoms with Gasteiger partial charge in [-0.25, -0.2) is 4.79 Å². The second-order valence-electron chi connectivity index (χ2n) is 12.0. The van der Waals surface area contributed by atoms with Crippen LogP contribution in [0.1, 0.15) is 55.3 Å². The molecule has 9 nitrogen and oxygen atoms in total. The summed E-state index contributed by atoms with van der Waals surface area (Å²) in [6.45, 7) is 14.1. The van der Waals surface area contributed by atoms with Crippen LogP contribution in [0.4, 0.5) is 4.79 Å². The Morgan fingerprint density at radius 2 is 1.65 bits per heavy atom. The van der Waals surface area contributed by atoms with Crippen LogP contribution in [0.15, 0.2) is 83.9 Å². The smallest absolute Gasteiger partial charge is 0.409 e. The van der Waals surface area contributed by atoms with Gasteiger partial charge in [-0.2, -0.15) is 0 Å². The van der Waals surface area contributed by atoms with Gasteiger partial charge in [-0.3, -0.25) is 14.9 Å². The molecule has 1 N–H and O–H groups in total. The number of alkyl carbamates (subject to hydrolysis) is 1. The van der Waals surface area contributed by atoms with Crippen LogP contribution in [0.2, 0.25) is 18.1 Å². The normalized spacial score (nSPS) is 14.7. The summed E-state index contributed by atoms with van der Waals surface area (Å²) in [6, 6.07) is 25.3. The first kappa shape index (κ1) is 30.2. The first-order valence-electron chi connectivity index (χ1n) is 14.5. The zero-order valence-corrected chi connectivity index (χ0v) is 26.6. The van der Waals surface area contributed by atoms with Crippen LogP contribution in [-0.4, -0.2) is 48.1 Å². The molecule has 0 fully saturated rings. The molecule has 224 valence electrons. The molecule has 10 heteroatoms. The lowest BCUT2D eigenvalue weighted by Gasteiger charge is -2.36. The highest BCUT2D eigenvalue weighted by Crippen LogP contribution is 2.36. The fraction of sp³-hybridized carbons (Fsp3) is 0.333. The molecule has 5 rings (SSSR count). The average Bonchev–Trinajstić information content (AvgIpc) is 3.31. The number of hydrogen-bond acceptors (Lipinski definition) is 7. The lowest BCUT2D eigenvalue weighted by atomic mass is 10.00. The standard InChI is InChI=1S/C33H39N5O4Si/c1-23-36-37-31-30(35-32(39)41-22-24-13-9-7-10-14-24)34-29(25-15-11-8-12-16-25)27-18-17-26(21-28(27)38(23)31)40-19-20-42-43(5,6)33(2,3)4/h7-18,21,30H,19-20,22H2,1-6H3,(H,35,39). The summed E-state index contributed by atoms with van der Waals surface area (Å²) < 4.78 is 19.9. The second kappa shape index (κ2) is 12.5. The molecule has 0 saturated carbocycles. The molecule has 0 bridgehead atoms. The van der Waals surface area contributed by atoms with Crippen molar-refractivity contribution in [3.8, 4) is 11.4 Å². The summed E-state index contributed by atoms with van der Waals surface area (Å²) in [7, 11) is -1.87. The molecular formula is C33H39N5O4Si. The van der Waals surface area contributed by atoms with Crippen LogP contribution in [0, 0.1) is 6.92 Å². The van der Waals surface area contributed by atoms with Crippen LogP contribution in [0.3, 0.4) is 0 Å². The Balaban J connectivity index is 1.44. The molecule has 3 aromatic carbocycles. The number of carbonyl (C=O) groups excluding carboxylic acids is 1. The van der Waals surface area contributed by atoms with Gasteiger partial charge in [-0.05, 0) is 42.8 Å². The van der Waals surface area contributed by atoms with E-state index in [0.717, 1.165) is 22.4 Å². The fourth-order valence-electron chi connectivity index (χ4n) is 4.57. The second-order valence-corrected chi connectivity index (χ2v) is 16.8. The molecule has 1 atom stereocenters. The number of carbonyl (C=O) groups is 1. The summed E-state index contributed by atoms with van der Waals surface area (Å²) in [6.07, 6.45) is -1.44. The maximum atomic E-state index is 13.0. The number of ether oxygens (including phenoxy) is 2. The number of benzene rings is 3. The van der Waals surface area contributed by atoms with E-state index in [1.807, 2.05) is 90.4 Å². The van der Waals surface area contributed by atoms with Gasteiger partial charge in [0.15, 0.2) is 20.3 Å². The minimum absolute atomic E-state index is 0.130. The molecule has 4 aromatic rings. The Labute approximate surface area is 254 Å². The highest BCUT2D eigenvalue weighted by molar-refractivity contribution is 6.74. The molecule has 0 radical (unpaired) electrons. The number of amides is 1. The van der Waals surface area contributed by atoms with Gasteiger partial charge in [-0.15, -0.1) is 10.2 Å². The topological polar surface area (TPSA) is 99.9 Å². The maximum Gasteiger partial charge on any atom is 0.409 e. The summed E-state index contributed by atoms with van der Waals surface area (Å²) in [5.74, 6) is 1.82. The first-order valence-corrected chi connectivity index (χ1v) is 17.4. The largest absolute Gasteiger partial charge is 0.491 e. The predicted molar refractivity (Wildman–Crippen MR) is 169 cm³/mol. The van der Waals surface area contributed by atoms with Gasteiger partial charge in [-0.1, -0.05) is 81.4 Å². The molecule has 0 spiro atoms. The van der Waals surface area contributed by atoms with E-state index in [-0.39, 0.29) is 11.6 Å².